The molecule has 1 amide bonds. The van der Waals surface area contributed by atoms with Gasteiger partial charge in [0.25, 0.3) is 5.56 Å². The smallest absolute Gasteiger partial charge is 0.408 e. The summed E-state index contributed by atoms with van der Waals surface area (Å²) in [6.07, 6.45) is -6.25. The summed E-state index contributed by atoms with van der Waals surface area (Å²) in [5, 5.41) is 7.17. The molecule has 3 heterocycles. The number of halogens is 6. The number of hydrogen-bond acceptors (Lipinski definition) is 10. The molecule has 6 aromatic rings. The molecule has 0 fully saturated rings. The topological polar surface area (TPSA) is 160 Å². The zero-order chi connectivity index (χ0) is 44.6. The van der Waals surface area contributed by atoms with Crippen molar-refractivity contribution in [2.24, 2.45) is 7.05 Å². The van der Waals surface area contributed by atoms with Crippen LogP contribution < -0.4 is 24.7 Å². The van der Waals surface area contributed by atoms with Gasteiger partial charge in [0, 0.05) is 25.6 Å². The summed E-state index contributed by atoms with van der Waals surface area (Å²) in [5.41, 5.74) is -1.48. The van der Waals surface area contributed by atoms with E-state index in [4.69, 9.17) is 25.8 Å². The number of hydrogen-bond donors (Lipinski definition) is 1. The third-order valence-corrected chi connectivity index (χ3v) is 10.4. The minimum atomic E-state index is -4.53. The van der Waals surface area contributed by atoms with E-state index >= 15 is 0 Å². The average molecular weight is 892 g/mol. The van der Waals surface area contributed by atoms with Gasteiger partial charge in [-0.2, -0.15) is 23.3 Å². The number of ether oxygens (including phenoxy) is 3. The number of aryl methyl sites for hydroxylation is 1. The standard InChI is InChI=1S/C40H39ClF5N7O7S/c1-39(2,3)60-38(55)47-29(19-23-17-24(42)20-25(43)18-23)35-49-34-27(11-14-31(48-34)59-16-15-40(44,45)46)37(54)53(35)30-13-12-28(41)32-33(30)51(4)50-36(32)52(61(6,56)57)21-22-7-9-26(58-5)10-8-22/h7-14,17-18,20,29H,15-16,19,21H2,1-6H3,(H,47,55)/t29-/m0/s1. The van der Waals surface area contributed by atoms with E-state index < -0.39 is 70.6 Å². The third kappa shape index (κ3) is 10.5. The van der Waals surface area contributed by atoms with Gasteiger partial charge in [-0.15, -0.1) is 0 Å². The van der Waals surface area contributed by atoms with E-state index in [-0.39, 0.29) is 62.3 Å². The molecule has 61 heavy (non-hydrogen) atoms. The lowest BCUT2D eigenvalue weighted by Gasteiger charge is -2.26. The lowest BCUT2D eigenvalue weighted by Crippen LogP contribution is -2.39. The molecule has 21 heteroatoms. The van der Waals surface area contributed by atoms with E-state index in [1.165, 1.54) is 43.1 Å². The number of carbonyl (C=O) groups is 1. The Bertz CT molecular complexity index is 2770. The fourth-order valence-corrected chi connectivity index (χ4v) is 7.51. The molecular weight excluding hydrogens is 853 g/mol. The lowest BCUT2D eigenvalue weighted by atomic mass is 10.0. The van der Waals surface area contributed by atoms with Crippen LogP contribution in [0.4, 0.5) is 32.6 Å². The van der Waals surface area contributed by atoms with Gasteiger partial charge in [0.15, 0.2) is 11.5 Å². The number of pyridine rings is 1. The predicted octanol–water partition coefficient (Wildman–Crippen LogP) is 7.71. The molecule has 0 spiro atoms. The first kappa shape index (κ1) is 44.5. The Morgan fingerprint density at radius 1 is 0.967 bits per heavy atom. The average Bonchev–Trinajstić information content (AvgIpc) is 3.49. The van der Waals surface area contributed by atoms with Crippen LogP contribution in [0.1, 0.15) is 50.2 Å². The van der Waals surface area contributed by atoms with Crippen molar-refractivity contribution in [2.45, 2.75) is 58.0 Å². The van der Waals surface area contributed by atoms with Crippen LogP contribution in [0.15, 0.2) is 71.5 Å². The molecule has 1 atom stereocenters. The zero-order valence-electron chi connectivity index (χ0n) is 33.5. The Morgan fingerprint density at radius 2 is 1.64 bits per heavy atom. The summed E-state index contributed by atoms with van der Waals surface area (Å²) >= 11 is 6.83. The van der Waals surface area contributed by atoms with Gasteiger partial charge in [-0.25, -0.2) is 31.3 Å². The molecule has 1 N–H and O–H groups in total. The number of sulfonamides is 1. The van der Waals surface area contributed by atoms with Crippen LogP contribution in [-0.4, -0.2) is 70.6 Å². The highest BCUT2D eigenvalue weighted by molar-refractivity contribution is 7.92. The molecular formula is C40H39ClF5N7O7S. The van der Waals surface area contributed by atoms with E-state index in [0.717, 1.165) is 27.3 Å². The highest BCUT2D eigenvalue weighted by Crippen LogP contribution is 2.38. The fourth-order valence-electron chi connectivity index (χ4n) is 6.44. The molecule has 0 saturated heterocycles. The van der Waals surface area contributed by atoms with Crippen LogP contribution in [0.5, 0.6) is 11.6 Å². The van der Waals surface area contributed by atoms with Crippen molar-refractivity contribution < 1.29 is 49.4 Å². The number of nitrogens with one attached hydrogen (secondary N) is 1. The summed E-state index contributed by atoms with van der Waals surface area (Å²) < 4.78 is 114. The summed E-state index contributed by atoms with van der Waals surface area (Å²) in [4.78, 5) is 37.2. The Kier molecular flexibility index (Phi) is 12.5. The number of rotatable bonds is 13. The summed E-state index contributed by atoms with van der Waals surface area (Å²) in [7, 11) is -1.10. The van der Waals surface area contributed by atoms with Crippen LogP contribution in [0, 0.1) is 11.6 Å². The van der Waals surface area contributed by atoms with Gasteiger partial charge in [-0.05, 0) is 74.4 Å². The number of benzene rings is 3. The van der Waals surface area contributed by atoms with Crippen molar-refractivity contribution in [2.75, 3.05) is 24.3 Å². The molecule has 0 aliphatic heterocycles. The second-order valence-corrected chi connectivity index (χ2v) is 17.2. The highest BCUT2D eigenvalue weighted by atomic mass is 35.5. The van der Waals surface area contributed by atoms with Gasteiger partial charge < -0.3 is 19.5 Å². The molecule has 0 unspecified atom stereocenters. The first-order valence-corrected chi connectivity index (χ1v) is 20.6. The van der Waals surface area contributed by atoms with Crippen molar-refractivity contribution in [1.82, 2.24) is 29.6 Å². The Hall–Kier alpha value is -6.02. The Labute approximate surface area is 350 Å². The maximum absolute atomic E-state index is 14.9. The lowest BCUT2D eigenvalue weighted by molar-refractivity contribution is -0.139. The van der Waals surface area contributed by atoms with Crippen LogP contribution in [0.3, 0.4) is 0 Å². The molecule has 0 aliphatic carbocycles. The zero-order valence-corrected chi connectivity index (χ0v) is 35.0. The summed E-state index contributed by atoms with van der Waals surface area (Å²) in [6.45, 7) is 3.79. The monoisotopic (exact) mass is 891 g/mol. The third-order valence-electron chi connectivity index (χ3n) is 8.99. The highest BCUT2D eigenvalue weighted by Gasteiger charge is 2.32. The fraction of sp³-hybridized carbons (Fsp3) is 0.325. The maximum Gasteiger partial charge on any atom is 0.408 e. The number of aromatic nitrogens is 5. The molecule has 3 aromatic carbocycles. The molecule has 14 nitrogen and oxygen atoms in total. The van der Waals surface area contributed by atoms with E-state index in [0.29, 0.717) is 17.4 Å². The SMILES string of the molecule is COc1ccc(CN(c2nn(C)c3c(-n4c([C@H](Cc5cc(F)cc(F)c5)NC(=O)OC(C)(C)C)nc5nc(OCCC(F)(F)F)ccc5c4=O)ccc(Cl)c23)S(C)(=O)=O)cc1. The van der Waals surface area contributed by atoms with Crippen LogP contribution in [0.2, 0.25) is 5.02 Å². The minimum Gasteiger partial charge on any atom is -0.497 e. The van der Waals surface area contributed by atoms with Crippen molar-refractivity contribution in [3.63, 3.8) is 0 Å². The number of methoxy groups -OCH3 is 1. The van der Waals surface area contributed by atoms with Gasteiger partial charge >= 0.3 is 12.3 Å². The van der Waals surface area contributed by atoms with Crippen LogP contribution in [-0.2, 0) is 34.8 Å². The number of alkyl carbamates (subject to hydrolysis) is 1. The van der Waals surface area contributed by atoms with Crippen molar-refractivity contribution in [3.8, 4) is 17.3 Å². The largest absolute Gasteiger partial charge is 0.497 e. The number of fused-ring (bicyclic) bond motifs is 2. The second-order valence-electron chi connectivity index (χ2n) is 14.9. The number of carbonyl (C=O) groups excluding carboxylic acids is 1. The van der Waals surface area contributed by atoms with Gasteiger partial charge in [0.05, 0.1) is 66.0 Å². The molecule has 324 valence electrons. The number of anilines is 1. The molecule has 3 aromatic heterocycles. The normalized spacial score (nSPS) is 12.7. The molecule has 0 aliphatic rings. The van der Waals surface area contributed by atoms with Gasteiger partial charge in [0.2, 0.25) is 15.9 Å². The van der Waals surface area contributed by atoms with Gasteiger partial charge in [-0.1, -0.05) is 23.7 Å². The first-order chi connectivity index (χ1) is 28.5. The Morgan fingerprint density at radius 3 is 2.25 bits per heavy atom. The minimum absolute atomic E-state index is 0.0138. The van der Waals surface area contributed by atoms with E-state index in [1.807, 2.05) is 0 Å². The van der Waals surface area contributed by atoms with Crippen LogP contribution in [0.25, 0.3) is 27.6 Å². The number of amides is 1. The molecule has 0 bridgehead atoms. The van der Waals surface area contributed by atoms with Crippen molar-refractivity contribution in [3.05, 3.63) is 111 Å². The molecule has 6 rings (SSSR count). The second kappa shape index (κ2) is 17.2. The van der Waals surface area contributed by atoms with Crippen molar-refractivity contribution >= 4 is 55.5 Å². The Balaban J connectivity index is 1.62. The van der Waals surface area contributed by atoms with Crippen LogP contribution >= 0.6 is 11.6 Å². The van der Waals surface area contributed by atoms with Gasteiger partial charge in [-0.3, -0.25) is 14.0 Å². The number of nitrogens with zero attached hydrogens (tertiary/aromatic N) is 6. The van der Waals surface area contributed by atoms with Gasteiger partial charge in [0.1, 0.15) is 28.8 Å². The predicted molar refractivity (Wildman–Crippen MR) is 217 cm³/mol. The summed E-state index contributed by atoms with van der Waals surface area (Å²) in [5.74, 6) is -2.05. The quantitative estimate of drug-likeness (QED) is 0.114. The maximum atomic E-state index is 14.9. The number of alkyl halides is 3. The molecule has 0 radical (unpaired) electrons. The summed E-state index contributed by atoms with van der Waals surface area (Å²) in [6, 6.07) is 13.1. The molecule has 0 saturated carbocycles. The first-order valence-electron chi connectivity index (χ1n) is 18.4. The van der Waals surface area contributed by atoms with E-state index in [9.17, 15) is 40.0 Å². The van der Waals surface area contributed by atoms with E-state index in [2.05, 4.69) is 20.4 Å². The van der Waals surface area contributed by atoms with E-state index in [1.54, 1.807) is 45.0 Å². The van der Waals surface area contributed by atoms with Crippen molar-refractivity contribution in [1.29, 1.82) is 0 Å².